The van der Waals surface area contributed by atoms with Crippen molar-refractivity contribution >= 4 is 11.8 Å². The van der Waals surface area contributed by atoms with Crippen LogP contribution in [0.25, 0.3) is 0 Å². The van der Waals surface area contributed by atoms with E-state index in [1.807, 2.05) is 43.3 Å². The maximum atomic E-state index is 12.4. The lowest BCUT2D eigenvalue weighted by atomic mass is 10.0. The third-order valence-electron chi connectivity index (χ3n) is 4.92. The molecule has 0 unspecified atom stereocenters. The third kappa shape index (κ3) is 6.23. The summed E-state index contributed by atoms with van der Waals surface area (Å²) in [6, 6.07) is 14.5. The Hall–Kier alpha value is -3.03. The van der Waals surface area contributed by atoms with E-state index >= 15 is 0 Å². The van der Waals surface area contributed by atoms with Gasteiger partial charge < -0.3 is 20.5 Å². The fraction of sp³-hybridized carbons (Fsp3) is 0.348. The zero-order valence-electron chi connectivity index (χ0n) is 16.9. The monoisotopic (exact) mass is 409 g/mol. The van der Waals surface area contributed by atoms with Crippen LogP contribution in [0.2, 0.25) is 0 Å². The molecule has 7 heteroatoms. The van der Waals surface area contributed by atoms with Crippen LogP contribution in [0.5, 0.6) is 0 Å². The van der Waals surface area contributed by atoms with E-state index in [9.17, 15) is 14.7 Å². The number of aliphatic hydroxyl groups excluding tert-OH is 1. The standard InChI is InChI=1S/C23H27N3O4/c1-16(17-7-3-2-4-8-17)25-23(29)14-19-10-11-20(21(15-27)30-19)26-22(28)13-18-9-5-6-12-24-18/h2-12,16,19-21,27H,13-15H2,1H3,(H,25,29)(H,26,28)/t16-,19+,20-,21+/m0/s1. The summed E-state index contributed by atoms with van der Waals surface area (Å²) in [6.45, 7) is 1.66. The van der Waals surface area contributed by atoms with Gasteiger partial charge in [-0.25, -0.2) is 0 Å². The van der Waals surface area contributed by atoms with Crippen LogP contribution in [0.3, 0.4) is 0 Å². The Morgan fingerprint density at radius 3 is 2.57 bits per heavy atom. The zero-order chi connectivity index (χ0) is 21.3. The van der Waals surface area contributed by atoms with Crippen LogP contribution in [0.15, 0.2) is 66.9 Å². The minimum absolute atomic E-state index is 0.112. The molecule has 1 aromatic heterocycles. The largest absolute Gasteiger partial charge is 0.394 e. The van der Waals surface area contributed by atoms with Crippen molar-refractivity contribution in [1.29, 1.82) is 0 Å². The third-order valence-corrected chi connectivity index (χ3v) is 4.92. The highest BCUT2D eigenvalue weighted by molar-refractivity contribution is 5.79. The number of carbonyl (C=O) groups excluding carboxylic acids is 2. The van der Waals surface area contributed by atoms with Crippen molar-refractivity contribution in [1.82, 2.24) is 15.6 Å². The minimum atomic E-state index is -0.618. The smallest absolute Gasteiger partial charge is 0.226 e. The van der Waals surface area contributed by atoms with Gasteiger partial charge in [0.15, 0.2) is 0 Å². The summed E-state index contributed by atoms with van der Waals surface area (Å²) in [5.74, 6) is -0.353. The van der Waals surface area contributed by atoms with Crippen molar-refractivity contribution in [3.05, 3.63) is 78.1 Å². The molecule has 2 heterocycles. The van der Waals surface area contributed by atoms with E-state index in [0.717, 1.165) is 5.56 Å². The van der Waals surface area contributed by atoms with Crippen LogP contribution in [0.4, 0.5) is 0 Å². The van der Waals surface area contributed by atoms with Crippen molar-refractivity contribution in [3.8, 4) is 0 Å². The van der Waals surface area contributed by atoms with Gasteiger partial charge in [0.05, 0.1) is 37.6 Å². The van der Waals surface area contributed by atoms with Gasteiger partial charge >= 0.3 is 0 Å². The molecule has 1 aromatic carbocycles. The van der Waals surface area contributed by atoms with Gasteiger partial charge in [-0.3, -0.25) is 14.6 Å². The highest BCUT2D eigenvalue weighted by Gasteiger charge is 2.29. The van der Waals surface area contributed by atoms with Gasteiger partial charge in [0, 0.05) is 11.9 Å². The maximum Gasteiger partial charge on any atom is 0.226 e. The van der Waals surface area contributed by atoms with E-state index in [1.54, 1.807) is 30.5 Å². The molecule has 3 N–H and O–H groups in total. The number of carbonyl (C=O) groups is 2. The van der Waals surface area contributed by atoms with Crippen molar-refractivity contribution in [2.75, 3.05) is 6.61 Å². The number of aromatic nitrogens is 1. The Bertz CT molecular complexity index is 857. The molecule has 0 radical (unpaired) electrons. The van der Waals surface area contributed by atoms with E-state index in [1.165, 1.54) is 0 Å². The van der Waals surface area contributed by atoms with Crippen LogP contribution >= 0.6 is 0 Å². The molecule has 7 nitrogen and oxygen atoms in total. The van der Waals surface area contributed by atoms with Crippen molar-refractivity contribution < 1.29 is 19.4 Å². The Balaban J connectivity index is 1.51. The van der Waals surface area contributed by atoms with Gasteiger partial charge in [0.25, 0.3) is 0 Å². The van der Waals surface area contributed by atoms with E-state index < -0.39 is 18.2 Å². The first-order valence-electron chi connectivity index (χ1n) is 10.0. The number of hydrogen-bond donors (Lipinski definition) is 3. The molecule has 158 valence electrons. The molecule has 2 amide bonds. The number of benzene rings is 1. The lowest BCUT2D eigenvalue weighted by molar-refractivity contribution is -0.128. The number of rotatable bonds is 8. The lowest BCUT2D eigenvalue weighted by Gasteiger charge is -2.31. The first-order chi connectivity index (χ1) is 14.5. The second-order valence-electron chi connectivity index (χ2n) is 7.28. The van der Waals surface area contributed by atoms with Crippen LogP contribution in [-0.4, -0.2) is 46.8 Å². The quantitative estimate of drug-likeness (QED) is 0.576. The maximum absolute atomic E-state index is 12.4. The summed E-state index contributed by atoms with van der Waals surface area (Å²) in [6.07, 6.45) is 4.37. The van der Waals surface area contributed by atoms with Crippen molar-refractivity contribution in [3.63, 3.8) is 0 Å². The fourth-order valence-corrected chi connectivity index (χ4v) is 3.35. The van der Waals surface area contributed by atoms with E-state index in [4.69, 9.17) is 4.74 Å². The molecule has 2 aromatic rings. The second kappa shape index (κ2) is 10.7. The summed E-state index contributed by atoms with van der Waals surface area (Å²) in [5.41, 5.74) is 1.69. The molecule has 4 atom stereocenters. The van der Waals surface area contributed by atoms with Crippen LogP contribution in [-0.2, 0) is 20.7 Å². The molecular formula is C23H27N3O4. The number of hydrogen-bond acceptors (Lipinski definition) is 5. The van der Waals surface area contributed by atoms with Crippen LogP contribution in [0, 0.1) is 0 Å². The van der Waals surface area contributed by atoms with Gasteiger partial charge in [0.1, 0.15) is 6.10 Å². The summed E-state index contributed by atoms with van der Waals surface area (Å²) < 4.78 is 5.83. The van der Waals surface area contributed by atoms with Gasteiger partial charge in [-0.15, -0.1) is 0 Å². The summed E-state index contributed by atoms with van der Waals surface area (Å²) in [4.78, 5) is 28.8. The molecule has 0 saturated carbocycles. The van der Waals surface area contributed by atoms with Crippen molar-refractivity contribution in [2.45, 2.75) is 44.1 Å². The van der Waals surface area contributed by atoms with Crippen LogP contribution in [0.1, 0.15) is 30.6 Å². The molecule has 0 aliphatic carbocycles. The molecule has 1 aliphatic rings. The predicted octanol–water partition coefficient (Wildman–Crippen LogP) is 1.69. The van der Waals surface area contributed by atoms with Gasteiger partial charge in [0.2, 0.25) is 11.8 Å². The second-order valence-corrected chi connectivity index (χ2v) is 7.28. The number of amides is 2. The number of pyridine rings is 1. The Kier molecular flexibility index (Phi) is 7.70. The molecule has 0 bridgehead atoms. The number of nitrogens with zero attached hydrogens (tertiary/aromatic N) is 1. The summed E-state index contributed by atoms with van der Waals surface area (Å²) >= 11 is 0. The van der Waals surface area contributed by atoms with E-state index in [-0.39, 0.29) is 37.3 Å². The normalized spacial score (nSPS) is 21.6. The first-order valence-corrected chi connectivity index (χ1v) is 10.0. The topological polar surface area (TPSA) is 101 Å². The highest BCUT2D eigenvalue weighted by atomic mass is 16.5. The van der Waals surface area contributed by atoms with Gasteiger partial charge in [-0.1, -0.05) is 48.6 Å². The number of aliphatic hydroxyl groups is 1. The molecule has 30 heavy (non-hydrogen) atoms. The van der Waals surface area contributed by atoms with Gasteiger partial charge in [-0.05, 0) is 24.6 Å². The van der Waals surface area contributed by atoms with Crippen LogP contribution < -0.4 is 10.6 Å². The molecule has 3 rings (SSSR count). The molecule has 0 spiro atoms. The number of ether oxygens (including phenoxy) is 1. The first kappa shape index (κ1) is 21.7. The molecule has 0 fully saturated rings. The summed E-state index contributed by atoms with van der Waals surface area (Å²) in [5, 5.41) is 15.5. The Morgan fingerprint density at radius 1 is 1.10 bits per heavy atom. The molecule has 1 aliphatic heterocycles. The predicted molar refractivity (Wildman–Crippen MR) is 112 cm³/mol. The molecule has 0 saturated heterocycles. The zero-order valence-corrected chi connectivity index (χ0v) is 16.9. The highest BCUT2D eigenvalue weighted by Crippen LogP contribution is 2.17. The summed E-state index contributed by atoms with van der Waals surface area (Å²) in [7, 11) is 0. The average Bonchev–Trinajstić information content (AvgIpc) is 2.76. The average molecular weight is 409 g/mol. The van der Waals surface area contributed by atoms with E-state index in [0.29, 0.717) is 5.69 Å². The molecular weight excluding hydrogens is 382 g/mol. The lowest BCUT2D eigenvalue weighted by Crippen LogP contribution is -2.49. The number of nitrogens with one attached hydrogen (secondary N) is 2. The van der Waals surface area contributed by atoms with Crippen molar-refractivity contribution in [2.24, 2.45) is 0 Å². The van der Waals surface area contributed by atoms with E-state index in [2.05, 4.69) is 15.6 Å². The fourth-order valence-electron chi connectivity index (χ4n) is 3.35. The Morgan fingerprint density at radius 2 is 1.87 bits per heavy atom. The minimum Gasteiger partial charge on any atom is -0.394 e. The Labute approximate surface area is 176 Å². The SMILES string of the molecule is C[C@H](NC(=O)C[C@H]1C=C[C@H](NC(=O)Cc2ccccn2)[C@@H](CO)O1)c1ccccc1. The van der Waals surface area contributed by atoms with Gasteiger partial charge in [-0.2, -0.15) is 0 Å².